The molecule has 0 saturated carbocycles. The van der Waals surface area contributed by atoms with Gasteiger partial charge in [-0.3, -0.25) is 0 Å². The van der Waals surface area contributed by atoms with Gasteiger partial charge >= 0.3 is 0 Å². The monoisotopic (exact) mass is 207 g/mol. The maximum atomic E-state index is 5.52. The number of benzene rings is 1. The standard InChI is InChI=1S/C12H17NO2/c1-2-5-13-9-10-3-4-11-12(8-10)15-7-6-14-11/h3-4,8,13H,2,5-7,9H2,1H3. The molecular formula is C12H17NO2. The van der Waals surface area contributed by atoms with E-state index in [1.165, 1.54) is 5.56 Å². The minimum atomic E-state index is 0.652. The van der Waals surface area contributed by atoms with E-state index in [0.717, 1.165) is 31.0 Å². The summed E-state index contributed by atoms with van der Waals surface area (Å²) in [5, 5.41) is 3.36. The van der Waals surface area contributed by atoms with E-state index in [-0.39, 0.29) is 0 Å². The molecule has 1 heterocycles. The van der Waals surface area contributed by atoms with Gasteiger partial charge in [-0.15, -0.1) is 0 Å². The number of hydrogen-bond acceptors (Lipinski definition) is 3. The summed E-state index contributed by atoms with van der Waals surface area (Å²) in [4.78, 5) is 0. The van der Waals surface area contributed by atoms with Gasteiger partial charge in [0.2, 0.25) is 0 Å². The van der Waals surface area contributed by atoms with E-state index in [1.54, 1.807) is 0 Å². The van der Waals surface area contributed by atoms with Crippen LogP contribution < -0.4 is 14.8 Å². The Kier molecular flexibility index (Phi) is 3.45. The lowest BCUT2D eigenvalue weighted by Crippen LogP contribution is -2.17. The third kappa shape index (κ3) is 2.63. The van der Waals surface area contributed by atoms with E-state index in [9.17, 15) is 0 Å². The predicted molar refractivity (Wildman–Crippen MR) is 59.4 cm³/mol. The highest BCUT2D eigenvalue weighted by Gasteiger charge is 2.10. The predicted octanol–water partition coefficient (Wildman–Crippen LogP) is 1.96. The third-order valence-electron chi connectivity index (χ3n) is 2.36. The van der Waals surface area contributed by atoms with Crippen LogP contribution in [0.5, 0.6) is 11.5 Å². The average molecular weight is 207 g/mol. The SMILES string of the molecule is CCCNCc1ccc2c(c1)OCCO2. The van der Waals surface area contributed by atoms with Crippen LogP contribution in [-0.2, 0) is 6.54 Å². The van der Waals surface area contributed by atoms with E-state index in [4.69, 9.17) is 9.47 Å². The number of rotatable bonds is 4. The summed E-state index contributed by atoms with van der Waals surface area (Å²) in [6, 6.07) is 6.12. The summed E-state index contributed by atoms with van der Waals surface area (Å²) in [7, 11) is 0. The highest BCUT2D eigenvalue weighted by Crippen LogP contribution is 2.30. The molecule has 1 aromatic rings. The molecule has 1 N–H and O–H groups in total. The van der Waals surface area contributed by atoms with Crippen molar-refractivity contribution in [1.29, 1.82) is 0 Å². The summed E-state index contributed by atoms with van der Waals surface area (Å²) >= 11 is 0. The van der Waals surface area contributed by atoms with Gasteiger partial charge in [-0.05, 0) is 30.7 Å². The summed E-state index contributed by atoms with van der Waals surface area (Å²) in [5.41, 5.74) is 1.24. The van der Waals surface area contributed by atoms with E-state index in [0.29, 0.717) is 13.2 Å². The van der Waals surface area contributed by atoms with Gasteiger partial charge in [0, 0.05) is 6.54 Å². The van der Waals surface area contributed by atoms with Crippen molar-refractivity contribution in [2.75, 3.05) is 19.8 Å². The van der Waals surface area contributed by atoms with Crippen molar-refractivity contribution >= 4 is 0 Å². The normalized spacial score (nSPS) is 13.9. The zero-order valence-corrected chi connectivity index (χ0v) is 9.08. The van der Waals surface area contributed by atoms with E-state index in [1.807, 2.05) is 6.07 Å². The van der Waals surface area contributed by atoms with Crippen LogP contribution in [0.2, 0.25) is 0 Å². The molecule has 0 bridgehead atoms. The van der Waals surface area contributed by atoms with Gasteiger partial charge < -0.3 is 14.8 Å². The van der Waals surface area contributed by atoms with Crippen molar-refractivity contribution < 1.29 is 9.47 Å². The Labute approximate surface area is 90.4 Å². The third-order valence-corrected chi connectivity index (χ3v) is 2.36. The molecular weight excluding hydrogens is 190 g/mol. The molecule has 1 aliphatic rings. The molecule has 0 fully saturated rings. The fourth-order valence-corrected chi connectivity index (χ4v) is 1.61. The average Bonchev–Trinajstić information content (AvgIpc) is 2.29. The molecule has 0 spiro atoms. The van der Waals surface area contributed by atoms with Crippen LogP contribution in [0.15, 0.2) is 18.2 Å². The highest BCUT2D eigenvalue weighted by atomic mass is 16.6. The van der Waals surface area contributed by atoms with Crippen LogP contribution in [0.3, 0.4) is 0 Å². The van der Waals surface area contributed by atoms with Crippen molar-refractivity contribution in [3.8, 4) is 11.5 Å². The van der Waals surface area contributed by atoms with E-state index >= 15 is 0 Å². The number of fused-ring (bicyclic) bond motifs is 1. The number of hydrogen-bond donors (Lipinski definition) is 1. The molecule has 0 unspecified atom stereocenters. The summed E-state index contributed by atoms with van der Waals surface area (Å²) in [6.07, 6.45) is 1.16. The fraction of sp³-hybridized carbons (Fsp3) is 0.500. The van der Waals surface area contributed by atoms with E-state index < -0.39 is 0 Å². The Morgan fingerprint density at radius 1 is 1.20 bits per heavy atom. The van der Waals surface area contributed by atoms with Gasteiger partial charge in [0.15, 0.2) is 11.5 Å². The van der Waals surface area contributed by atoms with E-state index in [2.05, 4.69) is 24.4 Å². The fourth-order valence-electron chi connectivity index (χ4n) is 1.61. The Hall–Kier alpha value is -1.22. The minimum absolute atomic E-state index is 0.652. The molecule has 0 radical (unpaired) electrons. The van der Waals surface area contributed by atoms with Gasteiger partial charge in [0.1, 0.15) is 13.2 Å². The van der Waals surface area contributed by atoms with Crippen molar-refractivity contribution in [3.63, 3.8) is 0 Å². The second-order valence-electron chi connectivity index (χ2n) is 3.65. The molecule has 1 aromatic carbocycles. The molecule has 0 atom stereocenters. The molecule has 3 nitrogen and oxygen atoms in total. The molecule has 15 heavy (non-hydrogen) atoms. The molecule has 82 valence electrons. The lowest BCUT2D eigenvalue weighted by molar-refractivity contribution is 0.171. The summed E-state index contributed by atoms with van der Waals surface area (Å²) < 4.78 is 11.0. The topological polar surface area (TPSA) is 30.5 Å². The highest BCUT2D eigenvalue weighted by molar-refractivity contribution is 5.43. The maximum absolute atomic E-state index is 5.52. The van der Waals surface area contributed by atoms with Crippen LogP contribution >= 0.6 is 0 Å². The first-order chi connectivity index (χ1) is 7.40. The smallest absolute Gasteiger partial charge is 0.161 e. The Bertz CT molecular complexity index is 325. The van der Waals surface area contributed by atoms with Gasteiger partial charge in [0.05, 0.1) is 0 Å². The molecule has 0 amide bonds. The van der Waals surface area contributed by atoms with Gasteiger partial charge in [-0.25, -0.2) is 0 Å². The second kappa shape index (κ2) is 5.03. The molecule has 2 rings (SSSR count). The first kappa shape index (κ1) is 10.3. The number of nitrogens with one attached hydrogen (secondary N) is 1. The van der Waals surface area contributed by atoms with Crippen molar-refractivity contribution in [1.82, 2.24) is 5.32 Å². The lowest BCUT2D eigenvalue weighted by Gasteiger charge is -2.18. The Balaban J connectivity index is 2.00. The molecule has 1 aliphatic heterocycles. The molecule has 0 saturated heterocycles. The largest absolute Gasteiger partial charge is 0.486 e. The van der Waals surface area contributed by atoms with Crippen LogP contribution in [0, 0.1) is 0 Å². The Morgan fingerprint density at radius 2 is 2.00 bits per heavy atom. The van der Waals surface area contributed by atoms with Gasteiger partial charge in [-0.1, -0.05) is 13.0 Å². The van der Waals surface area contributed by atoms with Crippen LogP contribution in [-0.4, -0.2) is 19.8 Å². The van der Waals surface area contributed by atoms with Gasteiger partial charge in [-0.2, -0.15) is 0 Å². The van der Waals surface area contributed by atoms with Crippen LogP contribution in [0.4, 0.5) is 0 Å². The summed E-state index contributed by atoms with van der Waals surface area (Å²) in [6.45, 7) is 5.41. The zero-order valence-electron chi connectivity index (χ0n) is 9.08. The van der Waals surface area contributed by atoms with Gasteiger partial charge in [0.25, 0.3) is 0 Å². The minimum Gasteiger partial charge on any atom is -0.486 e. The lowest BCUT2D eigenvalue weighted by atomic mass is 10.2. The maximum Gasteiger partial charge on any atom is 0.161 e. The quantitative estimate of drug-likeness (QED) is 0.765. The van der Waals surface area contributed by atoms with Crippen molar-refractivity contribution in [2.24, 2.45) is 0 Å². The first-order valence-electron chi connectivity index (χ1n) is 5.49. The van der Waals surface area contributed by atoms with Crippen molar-refractivity contribution in [2.45, 2.75) is 19.9 Å². The van der Waals surface area contributed by atoms with Crippen LogP contribution in [0.1, 0.15) is 18.9 Å². The Morgan fingerprint density at radius 3 is 2.80 bits per heavy atom. The van der Waals surface area contributed by atoms with Crippen molar-refractivity contribution in [3.05, 3.63) is 23.8 Å². The number of ether oxygens (including phenoxy) is 2. The molecule has 0 aliphatic carbocycles. The summed E-state index contributed by atoms with van der Waals surface area (Å²) in [5.74, 6) is 1.73. The second-order valence-corrected chi connectivity index (χ2v) is 3.65. The first-order valence-corrected chi connectivity index (χ1v) is 5.49. The van der Waals surface area contributed by atoms with Crippen LogP contribution in [0.25, 0.3) is 0 Å². The molecule has 3 heteroatoms. The zero-order chi connectivity index (χ0) is 10.5. The molecule has 0 aromatic heterocycles.